The third-order valence-corrected chi connectivity index (χ3v) is 5.15. The number of rotatable bonds is 5. The van der Waals surface area contributed by atoms with Crippen molar-refractivity contribution in [3.63, 3.8) is 0 Å². The lowest BCUT2D eigenvalue weighted by atomic mass is 9.92. The number of carbonyl (C=O) groups excluding carboxylic acids is 1. The van der Waals surface area contributed by atoms with E-state index in [1.54, 1.807) is 26.1 Å². The van der Waals surface area contributed by atoms with E-state index >= 15 is 0 Å². The molecule has 1 fully saturated rings. The predicted molar refractivity (Wildman–Crippen MR) is 109 cm³/mol. The highest BCUT2D eigenvalue weighted by Gasteiger charge is 2.30. The first-order chi connectivity index (χ1) is 14.3. The SMILES string of the molecule is CC(C)(O)[C@@H](NC(=O)Nc1cc2n[nH]c(C3CCCO3)c2cn1)c1ccc(F)cc1. The van der Waals surface area contributed by atoms with Gasteiger partial charge in [-0.1, -0.05) is 12.1 Å². The van der Waals surface area contributed by atoms with Crippen LogP contribution >= 0.6 is 0 Å². The number of hydrogen-bond acceptors (Lipinski definition) is 5. The number of H-pyrrole nitrogens is 1. The van der Waals surface area contributed by atoms with Gasteiger partial charge in [-0.3, -0.25) is 10.4 Å². The van der Waals surface area contributed by atoms with Crippen LogP contribution in [0.15, 0.2) is 36.5 Å². The van der Waals surface area contributed by atoms with E-state index in [9.17, 15) is 14.3 Å². The van der Waals surface area contributed by atoms with Crippen LogP contribution in [0.1, 0.15) is 50.1 Å². The second-order valence-corrected chi connectivity index (χ2v) is 7.96. The molecule has 1 aromatic carbocycles. The average Bonchev–Trinajstić information content (AvgIpc) is 3.35. The molecule has 2 amide bonds. The first-order valence-electron chi connectivity index (χ1n) is 9.82. The Balaban J connectivity index is 1.49. The number of aromatic nitrogens is 3. The number of hydrogen-bond donors (Lipinski definition) is 4. The van der Waals surface area contributed by atoms with E-state index in [1.807, 2.05) is 0 Å². The third-order valence-electron chi connectivity index (χ3n) is 5.15. The zero-order chi connectivity index (χ0) is 21.3. The number of carbonyl (C=O) groups is 1. The van der Waals surface area contributed by atoms with Gasteiger partial charge in [0, 0.05) is 24.3 Å². The zero-order valence-corrected chi connectivity index (χ0v) is 16.8. The lowest BCUT2D eigenvalue weighted by Gasteiger charge is -2.30. The fraction of sp³-hybridized carbons (Fsp3) is 0.381. The zero-order valence-electron chi connectivity index (χ0n) is 16.8. The summed E-state index contributed by atoms with van der Waals surface area (Å²) in [5.41, 5.74) is 0.869. The van der Waals surface area contributed by atoms with Crippen molar-refractivity contribution in [3.8, 4) is 0 Å². The Morgan fingerprint density at radius 3 is 2.80 bits per heavy atom. The number of nitrogens with zero attached hydrogens (tertiary/aromatic N) is 2. The Kier molecular flexibility index (Phi) is 5.40. The molecule has 0 bridgehead atoms. The lowest BCUT2D eigenvalue weighted by Crippen LogP contribution is -2.44. The maximum atomic E-state index is 13.2. The van der Waals surface area contributed by atoms with Crippen LogP contribution < -0.4 is 10.6 Å². The minimum absolute atomic E-state index is 0.0119. The number of aromatic amines is 1. The highest BCUT2D eigenvalue weighted by atomic mass is 19.1. The molecule has 0 saturated carbocycles. The summed E-state index contributed by atoms with van der Waals surface area (Å²) in [5, 5.41) is 24.0. The molecule has 1 aliphatic rings. The summed E-state index contributed by atoms with van der Waals surface area (Å²) in [6.07, 6.45) is 3.58. The van der Waals surface area contributed by atoms with Crippen LogP contribution in [0.3, 0.4) is 0 Å². The van der Waals surface area contributed by atoms with Crippen molar-refractivity contribution in [2.24, 2.45) is 0 Å². The number of nitrogens with one attached hydrogen (secondary N) is 3. The standard InChI is InChI=1S/C21H24FN5O3/c1-21(2,29)19(12-5-7-13(22)8-6-12)25-20(28)24-17-10-15-14(11-23-17)18(27-26-15)16-4-3-9-30-16/h5-8,10-11,16,19,29H,3-4,9H2,1-2H3,(H,26,27)(H2,23,24,25,28)/t16?,19-/m0/s1. The number of benzene rings is 1. The largest absolute Gasteiger partial charge is 0.388 e. The van der Waals surface area contributed by atoms with Crippen LogP contribution in [0.4, 0.5) is 15.0 Å². The van der Waals surface area contributed by atoms with Crippen LogP contribution in [0.5, 0.6) is 0 Å². The molecule has 1 aliphatic heterocycles. The Morgan fingerprint density at radius 1 is 1.37 bits per heavy atom. The number of anilines is 1. The van der Waals surface area contributed by atoms with Gasteiger partial charge in [0.05, 0.1) is 29.0 Å². The molecule has 3 aromatic rings. The molecule has 3 heterocycles. The van der Waals surface area contributed by atoms with E-state index in [0.717, 1.165) is 30.5 Å². The Labute approximate surface area is 172 Å². The van der Waals surface area contributed by atoms with Gasteiger partial charge in [-0.05, 0) is 44.4 Å². The van der Waals surface area contributed by atoms with E-state index < -0.39 is 23.5 Å². The molecule has 30 heavy (non-hydrogen) atoms. The Bertz CT molecular complexity index is 1040. The normalized spacial score (nSPS) is 17.8. The molecule has 1 saturated heterocycles. The van der Waals surface area contributed by atoms with E-state index in [1.165, 1.54) is 24.3 Å². The summed E-state index contributed by atoms with van der Waals surface area (Å²) in [7, 11) is 0. The molecule has 4 N–H and O–H groups in total. The first-order valence-corrected chi connectivity index (χ1v) is 9.82. The fourth-order valence-electron chi connectivity index (χ4n) is 3.65. The topological polar surface area (TPSA) is 112 Å². The minimum Gasteiger partial charge on any atom is -0.388 e. The van der Waals surface area contributed by atoms with E-state index in [0.29, 0.717) is 16.9 Å². The van der Waals surface area contributed by atoms with Crippen LogP contribution in [0.2, 0.25) is 0 Å². The van der Waals surface area contributed by atoms with Crippen LogP contribution in [-0.2, 0) is 4.74 Å². The van der Waals surface area contributed by atoms with Gasteiger partial charge in [0.15, 0.2) is 0 Å². The number of pyridine rings is 1. The number of aliphatic hydroxyl groups is 1. The van der Waals surface area contributed by atoms with Gasteiger partial charge in [-0.2, -0.15) is 5.10 Å². The molecule has 0 radical (unpaired) electrons. The smallest absolute Gasteiger partial charge is 0.320 e. The summed E-state index contributed by atoms with van der Waals surface area (Å²) < 4.78 is 18.9. The molecule has 2 aromatic heterocycles. The number of amides is 2. The maximum Gasteiger partial charge on any atom is 0.320 e. The molecule has 2 atom stereocenters. The molecule has 158 valence electrons. The number of fused-ring (bicyclic) bond motifs is 1. The second-order valence-electron chi connectivity index (χ2n) is 7.96. The Hall–Kier alpha value is -3.04. The molecule has 4 rings (SSSR count). The van der Waals surface area contributed by atoms with Crippen molar-refractivity contribution in [3.05, 3.63) is 53.6 Å². The van der Waals surface area contributed by atoms with E-state index in [4.69, 9.17) is 4.74 Å². The van der Waals surface area contributed by atoms with Gasteiger partial charge >= 0.3 is 6.03 Å². The summed E-state index contributed by atoms with van der Waals surface area (Å²) in [6, 6.07) is 5.99. The monoisotopic (exact) mass is 413 g/mol. The van der Waals surface area contributed by atoms with Crippen molar-refractivity contribution in [1.82, 2.24) is 20.5 Å². The number of urea groups is 1. The van der Waals surface area contributed by atoms with E-state index in [-0.39, 0.29) is 6.10 Å². The summed E-state index contributed by atoms with van der Waals surface area (Å²) in [5.74, 6) is -0.0735. The maximum absolute atomic E-state index is 13.2. The van der Waals surface area contributed by atoms with Gasteiger partial charge in [-0.15, -0.1) is 0 Å². The average molecular weight is 413 g/mol. The number of ether oxygens (including phenoxy) is 1. The molecule has 9 heteroatoms. The molecule has 0 spiro atoms. The van der Waals surface area contributed by atoms with Gasteiger partial charge in [-0.25, -0.2) is 14.2 Å². The predicted octanol–water partition coefficient (Wildman–Crippen LogP) is 3.58. The number of halogens is 1. The minimum atomic E-state index is -1.27. The van der Waals surface area contributed by atoms with Crippen molar-refractivity contribution in [2.45, 2.75) is 44.4 Å². The van der Waals surface area contributed by atoms with Gasteiger partial charge in [0.25, 0.3) is 0 Å². The van der Waals surface area contributed by atoms with E-state index in [2.05, 4.69) is 25.8 Å². The van der Waals surface area contributed by atoms with Crippen molar-refractivity contribution >= 4 is 22.8 Å². The first kappa shape index (κ1) is 20.2. The highest BCUT2D eigenvalue weighted by Crippen LogP contribution is 2.32. The summed E-state index contributed by atoms with van der Waals surface area (Å²) >= 11 is 0. The quantitative estimate of drug-likeness (QED) is 0.511. The molecule has 1 unspecified atom stereocenters. The van der Waals surface area contributed by atoms with Gasteiger partial charge < -0.3 is 15.2 Å². The molecular weight excluding hydrogens is 389 g/mol. The van der Waals surface area contributed by atoms with Crippen LogP contribution in [0, 0.1) is 5.82 Å². The fourth-order valence-corrected chi connectivity index (χ4v) is 3.65. The second kappa shape index (κ2) is 8.00. The third kappa shape index (κ3) is 4.27. The van der Waals surface area contributed by atoms with Gasteiger partial charge in [0.1, 0.15) is 11.6 Å². The van der Waals surface area contributed by atoms with Crippen molar-refractivity contribution in [1.29, 1.82) is 0 Å². The Morgan fingerprint density at radius 2 is 2.13 bits per heavy atom. The van der Waals surface area contributed by atoms with Crippen molar-refractivity contribution in [2.75, 3.05) is 11.9 Å². The lowest BCUT2D eigenvalue weighted by molar-refractivity contribution is 0.0415. The molecular formula is C21H24FN5O3. The van der Waals surface area contributed by atoms with Crippen LogP contribution in [0.25, 0.3) is 10.9 Å². The molecule has 0 aliphatic carbocycles. The molecule has 8 nitrogen and oxygen atoms in total. The van der Waals surface area contributed by atoms with Crippen LogP contribution in [-0.4, -0.2) is 38.5 Å². The van der Waals surface area contributed by atoms with Crippen molar-refractivity contribution < 1.29 is 19.0 Å². The highest BCUT2D eigenvalue weighted by molar-refractivity contribution is 5.91. The summed E-state index contributed by atoms with van der Waals surface area (Å²) in [4.78, 5) is 16.9. The summed E-state index contributed by atoms with van der Waals surface area (Å²) in [6.45, 7) is 3.87. The van der Waals surface area contributed by atoms with Gasteiger partial charge in [0.2, 0.25) is 0 Å².